The summed E-state index contributed by atoms with van der Waals surface area (Å²) in [5, 5.41) is 3.50. The molecule has 0 bridgehead atoms. The molecular weight excluding hydrogens is 361 g/mol. The Morgan fingerprint density at radius 1 is 1.32 bits per heavy atom. The maximum atomic E-state index is 15.0. The van der Waals surface area contributed by atoms with Crippen molar-refractivity contribution in [3.8, 4) is 0 Å². The highest BCUT2D eigenvalue weighted by molar-refractivity contribution is 6.09. The van der Waals surface area contributed by atoms with Gasteiger partial charge >= 0.3 is 6.09 Å². The van der Waals surface area contributed by atoms with Crippen molar-refractivity contribution in [2.75, 3.05) is 0 Å². The van der Waals surface area contributed by atoms with Crippen LogP contribution < -0.4 is 11.1 Å². The first-order chi connectivity index (χ1) is 13.0. The molecule has 1 aliphatic rings. The van der Waals surface area contributed by atoms with Gasteiger partial charge in [-0.3, -0.25) is 4.79 Å². The van der Waals surface area contributed by atoms with Gasteiger partial charge in [0.15, 0.2) is 0 Å². The zero-order valence-corrected chi connectivity index (χ0v) is 16.8. The van der Waals surface area contributed by atoms with Crippen molar-refractivity contribution >= 4 is 28.5 Å². The molecule has 2 aromatic rings. The van der Waals surface area contributed by atoms with Gasteiger partial charge in [-0.25, -0.2) is 9.18 Å². The molecular formula is C21H26FN3O3. The molecule has 0 spiro atoms. The Morgan fingerprint density at radius 3 is 2.61 bits per heavy atom. The molecule has 3 rings (SSSR count). The molecule has 0 saturated carbocycles. The van der Waals surface area contributed by atoms with Crippen LogP contribution in [-0.2, 0) is 4.74 Å². The van der Waals surface area contributed by atoms with Crippen LogP contribution in [0.5, 0.6) is 0 Å². The Morgan fingerprint density at radius 2 is 2.00 bits per heavy atom. The number of carbonyl (C=O) groups is 2. The Labute approximate surface area is 163 Å². The fourth-order valence-electron chi connectivity index (χ4n) is 3.64. The number of amides is 2. The Bertz CT molecular complexity index is 999. The molecule has 6 nitrogen and oxygen atoms in total. The lowest BCUT2D eigenvalue weighted by Gasteiger charge is -2.22. The van der Waals surface area contributed by atoms with Gasteiger partial charge in [0.05, 0.1) is 11.1 Å². The number of alkyl carbamates (subject to hydrolysis) is 1. The molecule has 0 radical (unpaired) electrons. The summed E-state index contributed by atoms with van der Waals surface area (Å²) in [7, 11) is 0. The molecule has 1 atom stereocenters. The molecule has 1 aromatic heterocycles. The quantitative estimate of drug-likeness (QED) is 0.740. The summed E-state index contributed by atoms with van der Waals surface area (Å²) in [6.07, 6.45) is 2.49. The second-order valence-electron chi connectivity index (χ2n) is 8.28. The van der Waals surface area contributed by atoms with Crippen LogP contribution >= 0.6 is 0 Å². The van der Waals surface area contributed by atoms with Crippen molar-refractivity contribution in [1.82, 2.24) is 10.3 Å². The number of rotatable bonds is 3. The zero-order valence-electron chi connectivity index (χ0n) is 16.8. The number of fused-ring (bicyclic) bond motifs is 1. The molecule has 0 saturated heterocycles. The normalized spacial score (nSPS) is 16.9. The molecule has 28 heavy (non-hydrogen) atoms. The van der Waals surface area contributed by atoms with E-state index >= 15 is 4.39 Å². The molecule has 4 N–H and O–H groups in total. The number of benzene rings is 1. The first-order valence-electron chi connectivity index (χ1n) is 9.28. The van der Waals surface area contributed by atoms with Crippen molar-refractivity contribution in [2.24, 2.45) is 5.73 Å². The van der Waals surface area contributed by atoms with Crippen molar-refractivity contribution in [3.05, 3.63) is 40.3 Å². The maximum Gasteiger partial charge on any atom is 0.407 e. The largest absolute Gasteiger partial charge is 0.444 e. The first-order valence-corrected chi connectivity index (χ1v) is 9.28. The lowest BCUT2D eigenvalue weighted by Crippen LogP contribution is -2.38. The Balaban J connectivity index is 1.93. The maximum absolute atomic E-state index is 15.0. The highest BCUT2D eigenvalue weighted by Crippen LogP contribution is 2.38. The SMILES string of the molecule is Cc1[nH]c2c(C(N)=O)cc(F)c(C3=CC[C@H](NC(=O)OC(C)(C)C)C3)c2c1C. The zero-order chi connectivity index (χ0) is 20.8. The van der Waals surface area contributed by atoms with E-state index in [-0.39, 0.29) is 11.6 Å². The first kappa shape index (κ1) is 19.9. The topological polar surface area (TPSA) is 97.2 Å². The monoisotopic (exact) mass is 387 g/mol. The number of ether oxygens (including phenoxy) is 1. The molecule has 0 unspecified atom stereocenters. The van der Waals surface area contributed by atoms with Gasteiger partial charge in [0.2, 0.25) is 0 Å². The summed E-state index contributed by atoms with van der Waals surface area (Å²) in [5.74, 6) is -1.17. The molecule has 1 aromatic carbocycles. The molecule has 1 aliphatic carbocycles. The number of aromatic amines is 1. The van der Waals surface area contributed by atoms with Crippen LogP contribution in [0.3, 0.4) is 0 Å². The number of hydrogen-bond acceptors (Lipinski definition) is 3. The molecule has 150 valence electrons. The number of primary amides is 1. The Hall–Kier alpha value is -2.83. The van der Waals surface area contributed by atoms with E-state index in [0.717, 1.165) is 16.8 Å². The smallest absolute Gasteiger partial charge is 0.407 e. The fourth-order valence-corrected chi connectivity index (χ4v) is 3.64. The van der Waals surface area contributed by atoms with Crippen molar-refractivity contribution in [3.63, 3.8) is 0 Å². The van der Waals surface area contributed by atoms with Gasteiger partial charge in [0.25, 0.3) is 5.91 Å². The van der Waals surface area contributed by atoms with Crippen LogP contribution in [0.1, 0.15) is 60.8 Å². The van der Waals surface area contributed by atoms with E-state index in [4.69, 9.17) is 10.5 Å². The number of aromatic nitrogens is 1. The average molecular weight is 387 g/mol. The summed E-state index contributed by atoms with van der Waals surface area (Å²) in [4.78, 5) is 26.9. The second kappa shape index (κ2) is 6.96. The van der Waals surface area contributed by atoms with Crippen LogP contribution in [0.15, 0.2) is 12.1 Å². The number of nitrogens with one attached hydrogen (secondary N) is 2. The minimum Gasteiger partial charge on any atom is -0.444 e. The van der Waals surface area contributed by atoms with E-state index in [9.17, 15) is 9.59 Å². The van der Waals surface area contributed by atoms with E-state index in [1.54, 1.807) is 20.8 Å². The number of nitrogens with two attached hydrogens (primary N) is 1. The third kappa shape index (κ3) is 3.74. The summed E-state index contributed by atoms with van der Waals surface area (Å²) in [6, 6.07) is 1.01. The third-order valence-electron chi connectivity index (χ3n) is 4.95. The van der Waals surface area contributed by atoms with E-state index < -0.39 is 23.4 Å². The number of halogens is 1. The van der Waals surface area contributed by atoms with Gasteiger partial charge in [-0.1, -0.05) is 6.08 Å². The minimum atomic E-state index is -0.679. The highest BCUT2D eigenvalue weighted by atomic mass is 19.1. The molecule has 0 aliphatic heterocycles. The summed E-state index contributed by atoms with van der Waals surface area (Å²) < 4.78 is 20.3. The van der Waals surface area contributed by atoms with Gasteiger partial charge in [0.1, 0.15) is 11.4 Å². The predicted octanol–water partition coefficient (Wildman–Crippen LogP) is 4.09. The van der Waals surface area contributed by atoms with Crippen LogP contribution in [-0.4, -0.2) is 28.6 Å². The number of aryl methyl sites for hydroxylation is 2. The van der Waals surface area contributed by atoms with E-state index in [1.165, 1.54) is 6.07 Å². The molecule has 0 fully saturated rings. The van der Waals surface area contributed by atoms with Gasteiger partial charge < -0.3 is 20.8 Å². The minimum absolute atomic E-state index is 0.134. The number of carbonyl (C=O) groups excluding carboxylic acids is 2. The van der Waals surface area contributed by atoms with E-state index in [2.05, 4.69) is 10.3 Å². The summed E-state index contributed by atoms with van der Waals surface area (Å²) >= 11 is 0. The van der Waals surface area contributed by atoms with Gasteiger partial charge in [-0.05, 0) is 64.7 Å². The second-order valence-corrected chi connectivity index (χ2v) is 8.28. The van der Waals surface area contributed by atoms with Crippen molar-refractivity contribution in [2.45, 2.75) is 59.1 Å². The van der Waals surface area contributed by atoms with Crippen molar-refractivity contribution in [1.29, 1.82) is 0 Å². The Kier molecular flexibility index (Phi) is 4.95. The van der Waals surface area contributed by atoms with Crippen LogP contribution in [0.2, 0.25) is 0 Å². The predicted molar refractivity (Wildman–Crippen MR) is 107 cm³/mol. The van der Waals surface area contributed by atoms with E-state index in [0.29, 0.717) is 29.3 Å². The fraction of sp³-hybridized carbons (Fsp3) is 0.429. The van der Waals surface area contributed by atoms with Crippen LogP contribution in [0.25, 0.3) is 16.5 Å². The highest BCUT2D eigenvalue weighted by Gasteiger charge is 2.28. The third-order valence-corrected chi connectivity index (χ3v) is 4.95. The van der Waals surface area contributed by atoms with Gasteiger partial charge in [0, 0.05) is 22.7 Å². The standard InChI is InChI=1S/C21H26FN3O3/c1-10-11(2)24-18-14(19(23)26)9-15(22)17(16(10)18)12-6-7-13(8-12)25-20(27)28-21(3,4)5/h6,9,13,24H,7-8H2,1-5H3,(H2,23,26)(H,25,27)/t13-/m0/s1. The summed E-state index contributed by atoms with van der Waals surface area (Å²) in [5.41, 5.74) is 8.51. The number of hydrogen-bond donors (Lipinski definition) is 3. The average Bonchev–Trinajstić information content (AvgIpc) is 3.11. The van der Waals surface area contributed by atoms with E-state index in [1.807, 2.05) is 19.9 Å². The van der Waals surface area contributed by atoms with Gasteiger partial charge in [-0.15, -0.1) is 0 Å². The molecule has 7 heteroatoms. The number of H-pyrrole nitrogens is 1. The lowest BCUT2D eigenvalue weighted by atomic mass is 9.95. The van der Waals surface area contributed by atoms with Crippen molar-refractivity contribution < 1.29 is 18.7 Å². The lowest BCUT2D eigenvalue weighted by molar-refractivity contribution is 0.0507. The van der Waals surface area contributed by atoms with Crippen LogP contribution in [0.4, 0.5) is 9.18 Å². The molecule has 1 heterocycles. The van der Waals surface area contributed by atoms with Crippen LogP contribution in [0, 0.1) is 19.7 Å². The molecule has 2 amide bonds. The van der Waals surface area contributed by atoms with Gasteiger partial charge in [-0.2, -0.15) is 0 Å². The summed E-state index contributed by atoms with van der Waals surface area (Å²) in [6.45, 7) is 9.16.